The van der Waals surface area contributed by atoms with Gasteiger partial charge in [-0.1, -0.05) is 6.07 Å². The van der Waals surface area contributed by atoms with Crippen LogP contribution in [0.3, 0.4) is 0 Å². The number of phenolic OH excluding ortho intramolecular Hbond substituents is 2. The van der Waals surface area contributed by atoms with Gasteiger partial charge in [0.1, 0.15) is 5.69 Å². The molecule has 8 heteroatoms. The molecule has 2 aromatic rings. The molecule has 3 N–H and O–H groups in total. The van der Waals surface area contributed by atoms with Gasteiger partial charge in [0, 0.05) is 12.2 Å². The van der Waals surface area contributed by atoms with Crippen molar-refractivity contribution >= 4 is 5.91 Å². The van der Waals surface area contributed by atoms with Crippen molar-refractivity contribution in [2.45, 2.75) is 25.6 Å². The van der Waals surface area contributed by atoms with Crippen molar-refractivity contribution in [3.8, 4) is 11.5 Å². The molecule has 0 aliphatic heterocycles. The molecular formula is C16H15F3N2O3. The number of nitrogens with zero attached hydrogens (tertiary/aromatic N) is 1. The van der Waals surface area contributed by atoms with Gasteiger partial charge in [0.05, 0.1) is 5.56 Å². The summed E-state index contributed by atoms with van der Waals surface area (Å²) < 4.78 is 38.7. The molecule has 24 heavy (non-hydrogen) atoms. The molecule has 1 unspecified atom stereocenters. The number of pyridine rings is 1. The van der Waals surface area contributed by atoms with E-state index in [-0.39, 0.29) is 17.9 Å². The number of rotatable bonds is 4. The number of carbonyl (C=O) groups excluding carboxylic acids is 1. The number of alkyl halides is 3. The van der Waals surface area contributed by atoms with E-state index in [9.17, 15) is 28.2 Å². The lowest BCUT2D eigenvalue weighted by atomic mass is 10.1. The number of halogens is 3. The Morgan fingerprint density at radius 3 is 2.58 bits per heavy atom. The topological polar surface area (TPSA) is 82.5 Å². The average molecular weight is 340 g/mol. The fraction of sp³-hybridized carbons (Fsp3) is 0.250. The Morgan fingerprint density at radius 1 is 1.25 bits per heavy atom. The zero-order valence-corrected chi connectivity index (χ0v) is 12.6. The molecule has 128 valence electrons. The van der Waals surface area contributed by atoms with Gasteiger partial charge in [0.15, 0.2) is 11.5 Å². The third kappa shape index (κ3) is 4.15. The van der Waals surface area contributed by atoms with Crippen molar-refractivity contribution in [3.05, 3.63) is 53.3 Å². The van der Waals surface area contributed by atoms with Gasteiger partial charge in [-0.2, -0.15) is 13.2 Å². The molecule has 1 heterocycles. The first-order valence-corrected chi connectivity index (χ1v) is 7.02. The number of nitrogens with one attached hydrogen (secondary N) is 1. The predicted molar refractivity (Wildman–Crippen MR) is 79.6 cm³/mol. The van der Waals surface area contributed by atoms with Crippen molar-refractivity contribution in [2.24, 2.45) is 0 Å². The van der Waals surface area contributed by atoms with Crippen molar-refractivity contribution in [2.75, 3.05) is 0 Å². The lowest BCUT2D eigenvalue weighted by Crippen LogP contribution is -2.35. The molecule has 2 rings (SSSR count). The van der Waals surface area contributed by atoms with Crippen LogP contribution in [0.5, 0.6) is 11.5 Å². The summed E-state index contributed by atoms with van der Waals surface area (Å²) in [4.78, 5) is 15.6. The van der Waals surface area contributed by atoms with Gasteiger partial charge in [0.2, 0.25) is 0 Å². The largest absolute Gasteiger partial charge is 0.504 e. The predicted octanol–water partition coefficient (Wildman–Crippen LogP) is 2.87. The maximum Gasteiger partial charge on any atom is 0.418 e. The molecule has 0 saturated heterocycles. The number of hydrogen-bond acceptors (Lipinski definition) is 4. The second kappa shape index (κ2) is 6.77. The van der Waals surface area contributed by atoms with Crippen molar-refractivity contribution < 1.29 is 28.2 Å². The van der Waals surface area contributed by atoms with Crippen LogP contribution in [0.2, 0.25) is 0 Å². The maximum atomic E-state index is 12.9. The molecule has 0 bridgehead atoms. The number of hydrogen-bond donors (Lipinski definition) is 3. The van der Waals surface area contributed by atoms with Crippen molar-refractivity contribution in [1.82, 2.24) is 10.3 Å². The Bertz CT molecular complexity index is 748. The standard InChI is InChI=1S/C16H15F3N2O3/c1-9(7-10-4-5-12(22)13(23)8-10)21-15(24)14-11(16(17,18)19)3-2-6-20-14/h2-6,8-9,22-23H,7H2,1H3,(H,21,24). The Kier molecular flexibility index (Phi) is 4.96. The van der Waals surface area contributed by atoms with E-state index in [0.717, 1.165) is 18.3 Å². The van der Waals surface area contributed by atoms with E-state index in [0.29, 0.717) is 5.56 Å². The highest BCUT2D eigenvalue weighted by molar-refractivity contribution is 5.94. The van der Waals surface area contributed by atoms with Crippen LogP contribution in [0.4, 0.5) is 13.2 Å². The number of aromatic hydroxyl groups is 2. The highest BCUT2D eigenvalue weighted by Gasteiger charge is 2.36. The number of amides is 1. The normalized spacial score (nSPS) is 12.7. The van der Waals surface area contributed by atoms with E-state index in [1.807, 2.05) is 0 Å². The first kappa shape index (κ1) is 17.6. The second-order valence-electron chi connectivity index (χ2n) is 5.30. The summed E-state index contributed by atoms with van der Waals surface area (Å²) in [6.45, 7) is 1.61. The fourth-order valence-corrected chi connectivity index (χ4v) is 2.21. The van der Waals surface area contributed by atoms with Crippen LogP contribution >= 0.6 is 0 Å². The van der Waals surface area contributed by atoms with Gasteiger partial charge >= 0.3 is 6.18 Å². The Labute approximate surface area is 135 Å². The Morgan fingerprint density at radius 2 is 1.96 bits per heavy atom. The third-order valence-electron chi connectivity index (χ3n) is 3.29. The molecular weight excluding hydrogens is 325 g/mol. The lowest BCUT2D eigenvalue weighted by Gasteiger charge is -2.16. The maximum absolute atomic E-state index is 12.9. The Balaban J connectivity index is 2.11. The summed E-state index contributed by atoms with van der Waals surface area (Å²) in [5.41, 5.74) is -1.18. The SMILES string of the molecule is CC(Cc1ccc(O)c(O)c1)NC(=O)c1ncccc1C(F)(F)F. The van der Waals surface area contributed by atoms with Gasteiger partial charge in [-0.15, -0.1) is 0 Å². The molecule has 0 radical (unpaired) electrons. The number of carbonyl (C=O) groups is 1. The molecule has 1 amide bonds. The second-order valence-corrected chi connectivity index (χ2v) is 5.30. The van der Waals surface area contributed by atoms with Gasteiger partial charge < -0.3 is 15.5 Å². The minimum absolute atomic E-state index is 0.258. The summed E-state index contributed by atoms with van der Waals surface area (Å²) in [6, 6.07) is 5.55. The van der Waals surface area contributed by atoms with Crippen molar-refractivity contribution in [3.63, 3.8) is 0 Å². The molecule has 1 atom stereocenters. The van der Waals surface area contributed by atoms with Gasteiger partial charge in [-0.25, -0.2) is 0 Å². The van der Waals surface area contributed by atoms with Crippen molar-refractivity contribution in [1.29, 1.82) is 0 Å². The summed E-state index contributed by atoms with van der Waals surface area (Å²) in [5, 5.41) is 21.1. The fourth-order valence-electron chi connectivity index (χ4n) is 2.21. The van der Waals surface area contributed by atoms with Gasteiger partial charge in [-0.05, 0) is 43.2 Å². The summed E-state index contributed by atoms with van der Waals surface area (Å²) in [7, 11) is 0. The zero-order valence-electron chi connectivity index (χ0n) is 12.6. The van der Waals surface area contributed by atoms with Crippen LogP contribution in [0.1, 0.15) is 28.5 Å². The third-order valence-corrected chi connectivity index (χ3v) is 3.29. The molecule has 0 spiro atoms. The molecule has 1 aromatic carbocycles. The molecule has 0 fully saturated rings. The average Bonchev–Trinajstić information content (AvgIpc) is 2.50. The van der Waals surface area contributed by atoms with Gasteiger partial charge in [-0.3, -0.25) is 9.78 Å². The number of benzene rings is 1. The van der Waals surface area contributed by atoms with Crippen LogP contribution in [-0.2, 0) is 12.6 Å². The van der Waals surface area contributed by atoms with E-state index in [1.54, 1.807) is 13.0 Å². The van der Waals surface area contributed by atoms with Crippen LogP contribution in [-0.4, -0.2) is 27.1 Å². The summed E-state index contributed by atoms with van der Waals surface area (Å²) in [6.07, 6.45) is -3.30. The first-order valence-electron chi connectivity index (χ1n) is 7.02. The van der Waals surface area contributed by atoms with E-state index in [2.05, 4.69) is 10.3 Å². The molecule has 1 aromatic heterocycles. The molecule has 0 saturated carbocycles. The molecule has 5 nitrogen and oxygen atoms in total. The smallest absolute Gasteiger partial charge is 0.418 e. The molecule has 0 aliphatic rings. The van der Waals surface area contributed by atoms with E-state index in [4.69, 9.17) is 0 Å². The van der Waals surface area contributed by atoms with Gasteiger partial charge in [0.25, 0.3) is 5.91 Å². The van der Waals surface area contributed by atoms with E-state index in [1.165, 1.54) is 12.1 Å². The lowest BCUT2D eigenvalue weighted by molar-refractivity contribution is -0.138. The number of aromatic nitrogens is 1. The summed E-state index contributed by atoms with van der Waals surface area (Å²) in [5.74, 6) is -1.52. The molecule has 0 aliphatic carbocycles. The van der Waals surface area contributed by atoms with E-state index < -0.39 is 29.4 Å². The number of phenols is 2. The minimum Gasteiger partial charge on any atom is -0.504 e. The van der Waals surface area contributed by atoms with Crippen LogP contribution in [0.25, 0.3) is 0 Å². The quantitative estimate of drug-likeness (QED) is 0.748. The van der Waals surface area contributed by atoms with Crippen LogP contribution in [0, 0.1) is 0 Å². The Hall–Kier alpha value is -2.77. The summed E-state index contributed by atoms with van der Waals surface area (Å²) >= 11 is 0. The zero-order chi connectivity index (χ0) is 17.9. The van der Waals surface area contributed by atoms with Crippen LogP contribution in [0.15, 0.2) is 36.5 Å². The minimum atomic E-state index is -4.67. The highest BCUT2D eigenvalue weighted by Crippen LogP contribution is 2.31. The van der Waals surface area contributed by atoms with Crippen LogP contribution < -0.4 is 5.32 Å². The monoisotopic (exact) mass is 340 g/mol. The highest BCUT2D eigenvalue weighted by atomic mass is 19.4. The van der Waals surface area contributed by atoms with E-state index >= 15 is 0 Å². The first-order chi connectivity index (χ1) is 11.2.